The molecule has 0 aliphatic carbocycles. The number of hydrogen-bond acceptors (Lipinski definition) is 3. The quantitative estimate of drug-likeness (QED) is 0.512. The highest BCUT2D eigenvalue weighted by Gasteiger charge is 2.27. The Morgan fingerprint density at radius 2 is 1.60 bits per heavy atom. The first-order valence-electron chi connectivity index (χ1n) is 12.7. The first-order chi connectivity index (χ1) is 17.1. The molecule has 180 valence electrons. The van der Waals surface area contributed by atoms with Crippen molar-refractivity contribution in [3.8, 4) is 0 Å². The van der Waals surface area contributed by atoms with E-state index < -0.39 is 0 Å². The zero-order valence-corrected chi connectivity index (χ0v) is 20.4. The Hall–Kier alpha value is -3.60. The van der Waals surface area contributed by atoms with E-state index in [2.05, 4.69) is 34.5 Å². The van der Waals surface area contributed by atoms with Crippen LogP contribution in [0.1, 0.15) is 59.2 Å². The molecular formula is C30H33N3O2. The number of likely N-dealkylation sites (tertiary alicyclic amines) is 1. The highest BCUT2D eigenvalue weighted by atomic mass is 16.2. The van der Waals surface area contributed by atoms with Crippen LogP contribution in [0.25, 0.3) is 0 Å². The maximum Gasteiger partial charge on any atom is 0.256 e. The van der Waals surface area contributed by atoms with Crippen LogP contribution in [-0.4, -0.2) is 36.3 Å². The van der Waals surface area contributed by atoms with Crippen molar-refractivity contribution in [2.24, 2.45) is 0 Å². The van der Waals surface area contributed by atoms with Gasteiger partial charge in [0.15, 0.2) is 0 Å². The molecule has 2 aliphatic rings. The van der Waals surface area contributed by atoms with Crippen molar-refractivity contribution in [2.75, 3.05) is 29.9 Å². The van der Waals surface area contributed by atoms with Crippen molar-refractivity contribution in [3.05, 3.63) is 95.1 Å². The number of nitrogens with zero attached hydrogens (tertiary/aromatic N) is 2. The van der Waals surface area contributed by atoms with Crippen LogP contribution < -0.4 is 10.2 Å². The van der Waals surface area contributed by atoms with Crippen molar-refractivity contribution < 1.29 is 9.59 Å². The minimum atomic E-state index is -0.229. The van der Waals surface area contributed by atoms with Crippen molar-refractivity contribution >= 4 is 23.2 Å². The summed E-state index contributed by atoms with van der Waals surface area (Å²) in [5.74, 6) is -0.215. The van der Waals surface area contributed by atoms with E-state index in [-0.39, 0.29) is 17.7 Å². The molecule has 1 fully saturated rings. The van der Waals surface area contributed by atoms with Gasteiger partial charge in [0.05, 0.1) is 11.5 Å². The molecule has 0 radical (unpaired) electrons. The molecular weight excluding hydrogens is 434 g/mol. The SMILES string of the molecule is CCC(C(=O)Nc1ccc(N2CCc3ccccc3C2)c(C(=O)N2CCCC2)c1)c1ccccc1. The van der Waals surface area contributed by atoms with Gasteiger partial charge in [-0.15, -0.1) is 0 Å². The molecule has 0 bridgehead atoms. The molecule has 35 heavy (non-hydrogen) atoms. The minimum Gasteiger partial charge on any atom is -0.366 e. The Labute approximate surface area is 207 Å². The van der Waals surface area contributed by atoms with E-state index in [1.165, 1.54) is 11.1 Å². The number of amides is 2. The first kappa shape index (κ1) is 23.2. The van der Waals surface area contributed by atoms with Crippen LogP contribution in [0.5, 0.6) is 0 Å². The van der Waals surface area contributed by atoms with E-state index in [1.54, 1.807) is 0 Å². The summed E-state index contributed by atoms with van der Waals surface area (Å²) in [6.45, 7) is 5.27. The molecule has 1 unspecified atom stereocenters. The fourth-order valence-electron chi connectivity index (χ4n) is 5.34. The largest absolute Gasteiger partial charge is 0.366 e. The van der Waals surface area contributed by atoms with Crippen LogP contribution in [-0.2, 0) is 17.8 Å². The number of carbonyl (C=O) groups is 2. The van der Waals surface area contributed by atoms with Crippen LogP contribution in [0.3, 0.4) is 0 Å². The number of anilines is 2. The highest BCUT2D eigenvalue weighted by Crippen LogP contribution is 2.32. The molecule has 0 saturated carbocycles. The van der Waals surface area contributed by atoms with E-state index in [4.69, 9.17) is 0 Å². The Balaban J connectivity index is 1.44. The van der Waals surface area contributed by atoms with Gasteiger partial charge in [-0.2, -0.15) is 0 Å². The lowest BCUT2D eigenvalue weighted by atomic mass is 9.95. The second-order valence-electron chi connectivity index (χ2n) is 9.53. The molecule has 5 heteroatoms. The smallest absolute Gasteiger partial charge is 0.256 e. The zero-order valence-electron chi connectivity index (χ0n) is 20.4. The summed E-state index contributed by atoms with van der Waals surface area (Å²) in [7, 11) is 0. The fraction of sp³-hybridized carbons (Fsp3) is 0.333. The molecule has 5 rings (SSSR count). The molecule has 2 amide bonds. The predicted molar refractivity (Wildman–Crippen MR) is 141 cm³/mol. The minimum absolute atomic E-state index is 0.0436. The number of fused-ring (bicyclic) bond motifs is 1. The lowest BCUT2D eigenvalue weighted by molar-refractivity contribution is -0.117. The predicted octanol–water partition coefficient (Wildman–Crippen LogP) is 5.62. The number of nitrogens with one attached hydrogen (secondary N) is 1. The van der Waals surface area contributed by atoms with Gasteiger partial charge >= 0.3 is 0 Å². The van der Waals surface area contributed by atoms with Crippen LogP contribution in [0.4, 0.5) is 11.4 Å². The maximum absolute atomic E-state index is 13.6. The Kier molecular flexibility index (Phi) is 6.84. The van der Waals surface area contributed by atoms with Gasteiger partial charge in [0.1, 0.15) is 0 Å². The molecule has 5 nitrogen and oxygen atoms in total. The third-order valence-corrected chi connectivity index (χ3v) is 7.29. The van der Waals surface area contributed by atoms with Crippen molar-refractivity contribution in [3.63, 3.8) is 0 Å². The standard InChI is InChI=1S/C30H33N3O2/c1-2-26(23-11-4-3-5-12-23)29(34)31-25-14-15-28(27(20-25)30(35)32-17-8-9-18-32)33-19-16-22-10-6-7-13-24(22)21-33/h3-7,10-15,20,26H,2,8-9,16-19,21H2,1H3,(H,31,34). The molecule has 0 spiro atoms. The van der Waals surface area contributed by atoms with Crippen molar-refractivity contribution in [1.82, 2.24) is 4.90 Å². The summed E-state index contributed by atoms with van der Waals surface area (Å²) < 4.78 is 0. The molecule has 1 N–H and O–H groups in total. The number of hydrogen-bond donors (Lipinski definition) is 1. The number of carbonyl (C=O) groups excluding carboxylic acids is 2. The average molecular weight is 468 g/mol. The van der Waals surface area contributed by atoms with Crippen molar-refractivity contribution in [1.29, 1.82) is 0 Å². The van der Waals surface area contributed by atoms with Crippen LogP contribution in [0, 0.1) is 0 Å². The Bertz CT molecular complexity index is 1200. The van der Waals surface area contributed by atoms with E-state index in [0.29, 0.717) is 17.7 Å². The zero-order chi connectivity index (χ0) is 24.2. The fourth-order valence-corrected chi connectivity index (χ4v) is 5.34. The van der Waals surface area contributed by atoms with Gasteiger partial charge in [-0.25, -0.2) is 0 Å². The lowest BCUT2D eigenvalue weighted by Gasteiger charge is -2.33. The van der Waals surface area contributed by atoms with Gasteiger partial charge in [0.2, 0.25) is 5.91 Å². The molecule has 2 heterocycles. The van der Waals surface area contributed by atoms with Gasteiger partial charge in [0.25, 0.3) is 5.91 Å². The van der Waals surface area contributed by atoms with Crippen LogP contribution >= 0.6 is 0 Å². The Morgan fingerprint density at radius 3 is 2.34 bits per heavy atom. The molecule has 1 atom stereocenters. The second kappa shape index (κ2) is 10.3. The monoisotopic (exact) mass is 467 g/mol. The summed E-state index contributed by atoms with van der Waals surface area (Å²) >= 11 is 0. The van der Waals surface area contributed by atoms with Crippen molar-refractivity contribution in [2.45, 2.75) is 45.1 Å². The topological polar surface area (TPSA) is 52.7 Å². The van der Waals surface area contributed by atoms with Crippen LogP contribution in [0.15, 0.2) is 72.8 Å². The van der Waals surface area contributed by atoms with Gasteiger partial charge in [0, 0.05) is 37.6 Å². The number of benzene rings is 3. The lowest BCUT2D eigenvalue weighted by Crippen LogP contribution is -2.34. The molecule has 3 aromatic carbocycles. The van der Waals surface area contributed by atoms with E-state index in [9.17, 15) is 9.59 Å². The first-order valence-corrected chi connectivity index (χ1v) is 12.7. The van der Waals surface area contributed by atoms with Crippen LogP contribution in [0.2, 0.25) is 0 Å². The van der Waals surface area contributed by atoms with E-state index in [1.807, 2.05) is 60.4 Å². The third-order valence-electron chi connectivity index (χ3n) is 7.29. The molecule has 1 saturated heterocycles. The van der Waals surface area contributed by atoms with Gasteiger partial charge in [-0.3, -0.25) is 9.59 Å². The summed E-state index contributed by atoms with van der Waals surface area (Å²) in [5.41, 5.74) is 6.00. The molecule has 2 aliphatic heterocycles. The summed E-state index contributed by atoms with van der Waals surface area (Å²) in [6.07, 6.45) is 3.76. The van der Waals surface area contributed by atoms with E-state index in [0.717, 1.165) is 56.7 Å². The average Bonchev–Trinajstić information content (AvgIpc) is 3.44. The van der Waals surface area contributed by atoms with E-state index >= 15 is 0 Å². The maximum atomic E-state index is 13.6. The Morgan fingerprint density at radius 1 is 0.886 bits per heavy atom. The third kappa shape index (κ3) is 4.95. The summed E-state index contributed by atoms with van der Waals surface area (Å²) in [6, 6.07) is 24.2. The number of rotatable bonds is 6. The molecule has 3 aromatic rings. The summed E-state index contributed by atoms with van der Waals surface area (Å²) in [4.78, 5) is 31.0. The normalized spacial score (nSPS) is 16.0. The van der Waals surface area contributed by atoms with Gasteiger partial charge < -0.3 is 15.1 Å². The highest BCUT2D eigenvalue weighted by molar-refractivity contribution is 6.03. The van der Waals surface area contributed by atoms with Gasteiger partial charge in [-0.05, 0) is 60.6 Å². The second-order valence-corrected chi connectivity index (χ2v) is 9.53. The van der Waals surface area contributed by atoms with Gasteiger partial charge in [-0.1, -0.05) is 61.5 Å². The molecule has 0 aromatic heterocycles. The summed E-state index contributed by atoms with van der Waals surface area (Å²) in [5, 5.41) is 3.09.